The van der Waals surface area contributed by atoms with E-state index >= 15 is 0 Å². The van der Waals surface area contributed by atoms with E-state index in [9.17, 15) is 9.59 Å². The summed E-state index contributed by atoms with van der Waals surface area (Å²) in [6.07, 6.45) is 0. The third-order valence-corrected chi connectivity index (χ3v) is 2.58. The van der Waals surface area contributed by atoms with Crippen LogP contribution < -0.4 is 10.5 Å². The van der Waals surface area contributed by atoms with E-state index in [1.54, 1.807) is 18.2 Å². The van der Waals surface area contributed by atoms with Gasteiger partial charge in [0.05, 0.1) is 17.2 Å². The first-order valence-electron chi connectivity index (χ1n) is 5.72. The molecule has 5 nitrogen and oxygen atoms in total. The Morgan fingerprint density at radius 2 is 1.75 bits per heavy atom. The molecule has 5 heteroatoms. The van der Waals surface area contributed by atoms with Gasteiger partial charge in [-0.1, -0.05) is 6.07 Å². The van der Waals surface area contributed by atoms with Gasteiger partial charge >= 0.3 is 5.97 Å². The van der Waals surface area contributed by atoms with Gasteiger partial charge in [-0.05, 0) is 42.5 Å². The van der Waals surface area contributed by atoms with E-state index in [4.69, 9.17) is 15.7 Å². The van der Waals surface area contributed by atoms with Crippen LogP contribution in [0, 0.1) is 11.3 Å². The number of hydrogen-bond acceptors (Lipinski definition) is 4. The molecular weight excluding hydrogens is 256 g/mol. The van der Waals surface area contributed by atoms with Crippen molar-refractivity contribution in [2.45, 2.75) is 0 Å². The van der Waals surface area contributed by atoms with Crippen LogP contribution in [-0.4, -0.2) is 11.9 Å². The van der Waals surface area contributed by atoms with Crippen LogP contribution in [0.25, 0.3) is 0 Å². The molecule has 2 aromatic rings. The molecular formula is C15H10N2O3. The Balaban J connectivity index is 2.15. The first-order chi connectivity index (χ1) is 9.60. The Bertz CT molecular complexity index is 700. The lowest BCUT2D eigenvalue weighted by Crippen LogP contribution is -2.11. The number of ether oxygens (including phenoxy) is 1. The lowest BCUT2D eigenvalue weighted by atomic mass is 10.1. The first-order valence-corrected chi connectivity index (χ1v) is 5.72. The quantitative estimate of drug-likeness (QED) is 0.678. The number of nitrogens with two attached hydrogens (primary N) is 1. The van der Waals surface area contributed by atoms with Gasteiger partial charge in [0, 0.05) is 5.56 Å². The maximum absolute atomic E-state index is 11.9. The van der Waals surface area contributed by atoms with Crippen LogP contribution in [0.3, 0.4) is 0 Å². The molecule has 2 rings (SSSR count). The first kappa shape index (κ1) is 13.3. The highest BCUT2D eigenvalue weighted by atomic mass is 16.5. The summed E-state index contributed by atoms with van der Waals surface area (Å²) in [6.45, 7) is 0. The van der Waals surface area contributed by atoms with Crippen LogP contribution in [0.1, 0.15) is 26.3 Å². The predicted octanol–water partition coefficient (Wildman–Crippen LogP) is 1.88. The third-order valence-electron chi connectivity index (χ3n) is 2.58. The lowest BCUT2D eigenvalue weighted by Gasteiger charge is -2.05. The second-order valence-electron chi connectivity index (χ2n) is 3.97. The molecule has 0 aliphatic rings. The summed E-state index contributed by atoms with van der Waals surface area (Å²) in [5.41, 5.74) is 6.10. The second kappa shape index (κ2) is 5.67. The van der Waals surface area contributed by atoms with Gasteiger partial charge in [0.2, 0.25) is 5.91 Å². The number of hydrogen-bond donors (Lipinski definition) is 1. The van der Waals surface area contributed by atoms with Crippen molar-refractivity contribution in [3.05, 3.63) is 65.2 Å². The molecule has 0 aromatic heterocycles. The molecule has 0 atom stereocenters. The highest BCUT2D eigenvalue weighted by molar-refractivity contribution is 5.93. The van der Waals surface area contributed by atoms with Gasteiger partial charge in [0.1, 0.15) is 5.75 Å². The van der Waals surface area contributed by atoms with Crippen LogP contribution in [0.2, 0.25) is 0 Å². The minimum Gasteiger partial charge on any atom is -0.423 e. The van der Waals surface area contributed by atoms with E-state index < -0.39 is 11.9 Å². The van der Waals surface area contributed by atoms with Crippen molar-refractivity contribution in [2.24, 2.45) is 5.73 Å². The van der Waals surface area contributed by atoms with E-state index in [0.29, 0.717) is 16.9 Å². The summed E-state index contributed by atoms with van der Waals surface area (Å²) in [5.74, 6) is -0.833. The van der Waals surface area contributed by atoms with Crippen molar-refractivity contribution in [3.8, 4) is 11.8 Å². The standard InChI is InChI=1S/C15H10N2O3/c16-9-10-2-1-3-12(8-10)15(19)20-13-6-4-11(5-7-13)14(17)18/h1-8H,(H2,17,18). The monoisotopic (exact) mass is 266 g/mol. The molecule has 0 heterocycles. The molecule has 0 spiro atoms. The molecule has 0 unspecified atom stereocenters. The molecule has 0 aliphatic heterocycles. The van der Waals surface area contributed by atoms with E-state index in [1.807, 2.05) is 6.07 Å². The van der Waals surface area contributed by atoms with Gasteiger partial charge in [0.25, 0.3) is 0 Å². The van der Waals surface area contributed by atoms with Crippen LogP contribution in [0.4, 0.5) is 0 Å². The van der Waals surface area contributed by atoms with Gasteiger partial charge in [-0.25, -0.2) is 4.79 Å². The zero-order chi connectivity index (χ0) is 14.5. The van der Waals surface area contributed by atoms with Gasteiger partial charge in [-0.15, -0.1) is 0 Å². The fraction of sp³-hybridized carbons (Fsp3) is 0. The summed E-state index contributed by atoms with van der Waals surface area (Å²) in [6, 6.07) is 14.0. The molecule has 0 saturated heterocycles. The maximum Gasteiger partial charge on any atom is 0.343 e. The van der Waals surface area contributed by atoms with Gasteiger partial charge < -0.3 is 10.5 Å². The summed E-state index contributed by atoms with van der Waals surface area (Å²) >= 11 is 0. The lowest BCUT2D eigenvalue weighted by molar-refractivity contribution is 0.0734. The van der Waals surface area contributed by atoms with Crippen molar-refractivity contribution in [2.75, 3.05) is 0 Å². The second-order valence-corrected chi connectivity index (χ2v) is 3.97. The normalized spacial score (nSPS) is 9.55. The third kappa shape index (κ3) is 3.00. The minimum absolute atomic E-state index is 0.281. The number of rotatable bonds is 3. The average Bonchev–Trinajstić information content (AvgIpc) is 2.47. The zero-order valence-electron chi connectivity index (χ0n) is 10.4. The number of benzene rings is 2. The van der Waals surface area contributed by atoms with Crippen molar-refractivity contribution < 1.29 is 14.3 Å². The molecule has 0 saturated carbocycles. The van der Waals surface area contributed by atoms with Crippen molar-refractivity contribution >= 4 is 11.9 Å². The van der Waals surface area contributed by atoms with Gasteiger partial charge in [-0.3, -0.25) is 4.79 Å². The topological polar surface area (TPSA) is 93.2 Å². The van der Waals surface area contributed by atoms with Gasteiger partial charge in [-0.2, -0.15) is 5.26 Å². The molecule has 0 aliphatic carbocycles. The van der Waals surface area contributed by atoms with Crippen molar-refractivity contribution in [1.82, 2.24) is 0 Å². The molecule has 0 fully saturated rings. The van der Waals surface area contributed by atoms with Crippen molar-refractivity contribution in [3.63, 3.8) is 0 Å². The van der Waals surface area contributed by atoms with Crippen molar-refractivity contribution in [1.29, 1.82) is 5.26 Å². The number of nitrogens with zero attached hydrogens (tertiary/aromatic N) is 1. The summed E-state index contributed by atoms with van der Waals surface area (Å²) in [5, 5.41) is 8.77. The van der Waals surface area contributed by atoms with Crippen LogP contribution in [-0.2, 0) is 0 Å². The number of carbonyl (C=O) groups excluding carboxylic acids is 2. The Kier molecular flexibility index (Phi) is 3.77. The average molecular weight is 266 g/mol. The molecule has 2 aromatic carbocycles. The summed E-state index contributed by atoms with van der Waals surface area (Å²) in [4.78, 5) is 22.8. The molecule has 0 radical (unpaired) electrons. The smallest absolute Gasteiger partial charge is 0.343 e. The Hall–Kier alpha value is -3.13. The fourth-order valence-electron chi connectivity index (χ4n) is 1.57. The SMILES string of the molecule is N#Cc1cccc(C(=O)Oc2ccc(C(N)=O)cc2)c1. The molecule has 1 amide bonds. The Morgan fingerprint density at radius 1 is 1.05 bits per heavy atom. The molecule has 20 heavy (non-hydrogen) atoms. The highest BCUT2D eigenvalue weighted by Gasteiger charge is 2.09. The van der Waals surface area contributed by atoms with Crippen LogP contribution in [0.15, 0.2) is 48.5 Å². The highest BCUT2D eigenvalue weighted by Crippen LogP contribution is 2.14. The molecule has 2 N–H and O–H groups in total. The number of amides is 1. The molecule has 98 valence electrons. The number of nitriles is 1. The van der Waals surface area contributed by atoms with E-state index in [1.165, 1.54) is 30.3 Å². The Morgan fingerprint density at radius 3 is 2.35 bits per heavy atom. The molecule has 0 bridgehead atoms. The maximum atomic E-state index is 11.9. The largest absolute Gasteiger partial charge is 0.423 e. The number of esters is 1. The fourth-order valence-corrected chi connectivity index (χ4v) is 1.57. The van der Waals surface area contributed by atoms with Crippen LogP contribution >= 0.6 is 0 Å². The summed E-state index contributed by atoms with van der Waals surface area (Å²) in [7, 11) is 0. The van der Waals surface area contributed by atoms with E-state index in [2.05, 4.69) is 0 Å². The predicted molar refractivity (Wildman–Crippen MR) is 71.1 cm³/mol. The van der Waals surface area contributed by atoms with E-state index in [0.717, 1.165) is 0 Å². The number of primary amides is 1. The summed E-state index contributed by atoms with van der Waals surface area (Å²) < 4.78 is 5.13. The van der Waals surface area contributed by atoms with E-state index in [-0.39, 0.29) is 5.56 Å². The minimum atomic E-state index is -0.575. The van der Waals surface area contributed by atoms with Gasteiger partial charge in [0.15, 0.2) is 0 Å². The Labute approximate surface area is 115 Å². The zero-order valence-corrected chi connectivity index (χ0v) is 10.4. The van der Waals surface area contributed by atoms with Crippen LogP contribution in [0.5, 0.6) is 5.75 Å². The number of carbonyl (C=O) groups is 2.